The number of nitrogens with zero attached hydrogens (tertiary/aromatic N) is 3. The molecule has 0 bridgehead atoms. The Morgan fingerprint density at radius 1 is 1.07 bits per heavy atom. The molecule has 0 unspecified atom stereocenters. The number of rotatable bonds is 5. The first-order valence-corrected chi connectivity index (χ1v) is 13.2. The van der Waals surface area contributed by atoms with Crippen LogP contribution < -0.4 is 15.4 Å². The second kappa shape index (κ2) is 10.4. The summed E-state index contributed by atoms with van der Waals surface area (Å²) in [4.78, 5) is 29.2. The standard InChI is InChI=1S/C30H26F3N5O3/c1-38-16-21(15-35-38)18-10-20(12-22(11-18)30(31,32)33)29(40)36-23-4-2-17-3-5-24(14-19(17)13-23)41-26-8-9-34-28-25(26)6-7-27(39)37-28/h3,5,8-12,14-16,23H,2,4,6-7,13H2,1H3,(H,36,40)(H,34,37,39)/t23-/m1/s1. The summed E-state index contributed by atoms with van der Waals surface area (Å²) in [6.07, 6.45) is 2.81. The van der Waals surface area contributed by atoms with Crippen LogP contribution in [0.1, 0.15) is 45.5 Å². The summed E-state index contributed by atoms with van der Waals surface area (Å²) in [5.74, 6) is 1.08. The molecular formula is C30H26F3N5O3. The maximum Gasteiger partial charge on any atom is 0.416 e. The van der Waals surface area contributed by atoms with E-state index in [-0.39, 0.29) is 23.1 Å². The number of aryl methyl sites for hydroxylation is 2. The molecule has 0 saturated heterocycles. The number of carbonyl (C=O) groups is 2. The molecule has 1 atom stereocenters. The summed E-state index contributed by atoms with van der Waals surface area (Å²) in [7, 11) is 1.67. The molecule has 1 aliphatic carbocycles. The maximum absolute atomic E-state index is 13.7. The van der Waals surface area contributed by atoms with Crippen molar-refractivity contribution >= 4 is 17.6 Å². The molecule has 3 heterocycles. The number of hydrogen-bond acceptors (Lipinski definition) is 5. The van der Waals surface area contributed by atoms with E-state index in [2.05, 4.69) is 20.7 Å². The topological polar surface area (TPSA) is 98.1 Å². The van der Waals surface area contributed by atoms with Crippen LogP contribution in [0.5, 0.6) is 11.5 Å². The van der Waals surface area contributed by atoms with E-state index in [1.165, 1.54) is 16.9 Å². The van der Waals surface area contributed by atoms with Gasteiger partial charge < -0.3 is 15.4 Å². The third-order valence-electron chi connectivity index (χ3n) is 7.40. The highest BCUT2D eigenvalue weighted by Crippen LogP contribution is 2.35. The fourth-order valence-electron chi connectivity index (χ4n) is 5.33. The minimum atomic E-state index is -4.60. The normalized spacial score (nSPS) is 16.4. The number of amides is 2. The van der Waals surface area contributed by atoms with Crippen molar-refractivity contribution in [1.29, 1.82) is 0 Å². The first-order chi connectivity index (χ1) is 19.6. The number of hydrogen-bond donors (Lipinski definition) is 2. The summed E-state index contributed by atoms with van der Waals surface area (Å²) in [5.41, 5.74) is 2.77. The third-order valence-corrected chi connectivity index (χ3v) is 7.40. The van der Waals surface area contributed by atoms with Gasteiger partial charge >= 0.3 is 6.18 Å². The minimum absolute atomic E-state index is 0.0592. The Hall–Kier alpha value is -4.67. The zero-order valence-electron chi connectivity index (χ0n) is 22.1. The number of fused-ring (bicyclic) bond motifs is 2. The van der Waals surface area contributed by atoms with Gasteiger partial charge in [0, 0.05) is 48.6 Å². The number of carbonyl (C=O) groups excluding carboxylic acids is 2. The van der Waals surface area contributed by atoms with E-state index in [1.54, 1.807) is 25.5 Å². The van der Waals surface area contributed by atoms with Crippen molar-refractivity contribution in [2.75, 3.05) is 5.32 Å². The highest BCUT2D eigenvalue weighted by atomic mass is 19.4. The first kappa shape index (κ1) is 26.5. The molecule has 41 heavy (non-hydrogen) atoms. The molecule has 210 valence electrons. The monoisotopic (exact) mass is 561 g/mol. The van der Waals surface area contributed by atoms with Gasteiger partial charge in [0.15, 0.2) is 0 Å². The van der Waals surface area contributed by atoms with Crippen molar-refractivity contribution in [1.82, 2.24) is 20.1 Å². The Labute approximate surface area is 233 Å². The van der Waals surface area contributed by atoms with Crippen LogP contribution in [0.25, 0.3) is 11.1 Å². The molecule has 0 radical (unpaired) electrons. The summed E-state index contributed by atoms with van der Waals surface area (Å²) in [6.45, 7) is 0. The molecular weight excluding hydrogens is 535 g/mol. The van der Waals surface area contributed by atoms with Crippen LogP contribution in [-0.4, -0.2) is 32.6 Å². The number of benzene rings is 2. The van der Waals surface area contributed by atoms with Crippen molar-refractivity contribution in [3.8, 4) is 22.6 Å². The molecule has 2 aromatic heterocycles. The summed E-state index contributed by atoms with van der Waals surface area (Å²) < 4.78 is 48.7. The lowest BCUT2D eigenvalue weighted by Gasteiger charge is -2.26. The van der Waals surface area contributed by atoms with Gasteiger partial charge in [0.1, 0.15) is 17.3 Å². The zero-order valence-corrected chi connectivity index (χ0v) is 22.1. The van der Waals surface area contributed by atoms with Crippen molar-refractivity contribution in [2.24, 2.45) is 7.05 Å². The van der Waals surface area contributed by atoms with Crippen molar-refractivity contribution in [3.63, 3.8) is 0 Å². The molecule has 8 nitrogen and oxygen atoms in total. The number of aromatic nitrogens is 3. The lowest BCUT2D eigenvalue weighted by Crippen LogP contribution is -2.39. The van der Waals surface area contributed by atoms with Crippen LogP contribution in [0.4, 0.5) is 19.0 Å². The van der Waals surface area contributed by atoms with E-state index in [1.807, 2.05) is 18.2 Å². The van der Waals surface area contributed by atoms with Gasteiger partial charge in [-0.15, -0.1) is 0 Å². The van der Waals surface area contributed by atoms with Crippen LogP contribution >= 0.6 is 0 Å². The Balaban J connectivity index is 1.20. The second-order valence-electron chi connectivity index (χ2n) is 10.3. The SMILES string of the molecule is Cn1cc(-c2cc(C(=O)N[C@@H]3CCc4ccc(Oc5ccnc6c5CCC(=O)N6)cc4C3)cc(C(F)(F)F)c2)cn1. The number of ether oxygens (including phenoxy) is 1. The highest BCUT2D eigenvalue weighted by molar-refractivity contribution is 5.96. The number of pyridine rings is 1. The number of halogens is 3. The minimum Gasteiger partial charge on any atom is -0.457 e. The average molecular weight is 562 g/mol. The third kappa shape index (κ3) is 5.65. The maximum atomic E-state index is 13.7. The van der Waals surface area contributed by atoms with E-state index in [0.717, 1.165) is 28.8 Å². The second-order valence-corrected chi connectivity index (χ2v) is 10.3. The molecule has 11 heteroatoms. The largest absolute Gasteiger partial charge is 0.457 e. The smallest absolute Gasteiger partial charge is 0.416 e. The molecule has 2 amide bonds. The number of anilines is 1. The quantitative estimate of drug-likeness (QED) is 0.337. The van der Waals surface area contributed by atoms with Crippen molar-refractivity contribution in [2.45, 2.75) is 44.3 Å². The first-order valence-electron chi connectivity index (χ1n) is 13.2. The van der Waals surface area contributed by atoms with E-state index >= 15 is 0 Å². The van der Waals surface area contributed by atoms with Gasteiger partial charge in [0.05, 0.1) is 11.8 Å². The predicted octanol–water partition coefficient (Wildman–Crippen LogP) is 5.47. The molecule has 0 spiro atoms. The van der Waals surface area contributed by atoms with Crippen molar-refractivity contribution < 1.29 is 27.5 Å². The summed E-state index contributed by atoms with van der Waals surface area (Å²) in [5, 5.41) is 9.74. The Morgan fingerprint density at radius 2 is 1.93 bits per heavy atom. The number of alkyl halides is 3. The highest BCUT2D eigenvalue weighted by Gasteiger charge is 2.32. The van der Waals surface area contributed by atoms with Crippen LogP contribution in [0.2, 0.25) is 0 Å². The van der Waals surface area contributed by atoms with E-state index in [9.17, 15) is 22.8 Å². The molecule has 2 N–H and O–H groups in total. The van der Waals surface area contributed by atoms with Gasteiger partial charge in [-0.2, -0.15) is 18.3 Å². The zero-order chi connectivity index (χ0) is 28.7. The summed E-state index contributed by atoms with van der Waals surface area (Å²) in [6, 6.07) is 10.7. The lowest BCUT2D eigenvalue weighted by atomic mass is 9.88. The van der Waals surface area contributed by atoms with Gasteiger partial charge in [-0.25, -0.2) is 4.98 Å². The van der Waals surface area contributed by atoms with Gasteiger partial charge in [-0.05, 0) is 78.8 Å². The van der Waals surface area contributed by atoms with Crippen LogP contribution in [0.15, 0.2) is 61.1 Å². The molecule has 0 saturated carbocycles. The van der Waals surface area contributed by atoms with E-state index in [4.69, 9.17) is 4.74 Å². The number of nitrogens with one attached hydrogen (secondary N) is 2. The van der Waals surface area contributed by atoms with Gasteiger partial charge in [0.25, 0.3) is 5.91 Å². The van der Waals surface area contributed by atoms with Gasteiger partial charge in [0.2, 0.25) is 5.91 Å². The molecule has 2 aromatic carbocycles. The molecule has 0 fully saturated rings. The Morgan fingerprint density at radius 3 is 2.71 bits per heavy atom. The fourth-order valence-corrected chi connectivity index (χ4v) is 5.33. The van der Waals surface area contributed by atoms with Gasteiger partial charge in [-0.1, -0.05) is 6.07 Å². The molecule has 2 aliphatic rings. The van der Waals surface area contributed by atoms with Crippen LogP contribution in [0, 0.1) is 0 Å². The van der Waals surface area contributed by atoms with Gasteiger partial charge in [-0.3, -0.25) is 14.3 Å². The lowest BCUT2D eigenvalue weighted by molar-refractivity contribution is -0.137. The van der Waals surface area contributed by atoms with Crippen LogP contribution in [0.3, 0.4) is 0 Å². The molecule has 6 rings (SSSR count). The summed E-state index contributed by atoms with van der Waals surface area (Å²) >= 11 is 0. The predicted molar refractivity (Wildman–Crippen MR) is 145 cm³/mol. The van der Waals surface area contributed by atoms with E-state index in [0.29, 0.717) is 55.0 Å². The Kier molecular flexibility index (Phi) is 6.72. The average Bonchev–Trinajstić information content (AvgIpc) is 3.38. The van der Waals surface area contributed by atoms with Crippen molar-refractivity contribution in [3.05, 3.63) is 88.9 Å². The molecule has 4 aromatic rings. The fraction of sp³-hybridized carbons (Fsp3) is 0.267. The Bertz CT molecular complexity index is 1660. The van der Waals surface area contributed by atoms with Crippen LogP contribution in [-0.2, 0) is 37.3 Å². The molecule has 1 aliphatic heterocycles. The van der Waals surface area contributed by atoms with E-state index < -0.39 is 17.6 Å².